The zero-order chi connectivity index (χ0) is 18.5. The van der Waals surface area contributed by atoms with Crippen LogP contribution in [0, 0.1) is 12.7 Å². The number of urea groups is 1. The van der Waals surface area contributed by atoms with Crippen molar-refractivity contribution in [1.82, 2.24) is 20.0 Å². The van der Waals surface area contributed by atoms with Crippen LogP contribution in [0.1, 0.15) is 55.5 Å². The molecule has 0 radical (unpaired) electrons. The lowest BCUT2D eigenvalue weighted by Crippen LogP contribution is -2.42. The van der Waals surface area contributed by atoms with Crippen LogP contribution in [0.15, 0.2) is 30.5 Å². The molecule has 1 aliphatic heterocycles. The molecule has 2 heterocycles. The van der Waals surface area contributed by atoms with Gasteiger partial charge < -0.3 is 10.2 Å². The van der Waals surface area contributed by atoms with Gasteiger partial charge in [-0.25, -0.2) is 9.18 Å². The topological polar surface area (TPSA) is 50.2 Å². The van der Waals surface area contributed by atoms with Crippen molar-refractivity contribution in [2.24, 2.45) is 0 Å². The fraction of sp³-hybridized carbons (Fsp3) is 0.500. The zero-order valence-electron chi connectivity index (χ0n) is 15.5. The Kier molecular flexibility index (Phi) is 5.91. The van der Waals surface area contributed by atoms with Crippen LogP contribution >= 0.6 is 0 Å². The molecule has 0 unspecified atom stereocenters. The predicted molar refractivity (Wildman–Crippen MR) is 99.2 cm³/mol. The maximum Gasteiger partial charge on any atom is 0.318 e. The molecule has 1 aliphatic rings. The van der Waals surface area contributed by atoms with E-state index in [1.807, 2.05) is 35.7 Å². The second kappa shape index (κ2) is 8.34. The SMILES string of the molecule is CCn1ncc(CNC(=O)N2CCCCC[C@@H]2c2cccc(F)c2)c1C. The largest absolute Gasteiger partial charge is 0.334 e. The van der Waals surface area contributed by atoms with E-state index in [0.717, 1.165) is 49.0 Å². The average molecular weight is 358 g/mol. The molecule has 1 N–H and O–H groups in total. The van der Waals surface area contributed by atoms with E-state index in [9.17, 15) is 9.18 Å². The molecule has 1 fully saturated rings. The van der Waals surface area contributed by atoms with Crippen molar-refractivity contribution in [2.45, 2.75) is 58.7 Å². The van der Waals surface area contributed by atoms with E-state index in [0.29, 0.717) is 13.1 Å². The van der Waals surface area contributed by atoms with Gasteiger partial charge in [0.05, 0.1) is 12.2 Å². The Balaban J connectivity index is 1.73. The van der Waals surface area contributed by atoms with E-state index in [1.54, 1.807) is 12.1 Å². The van der Waals surface area contributed by atoms with E-state index in [1.165, 1.54) is 6.07 Å². The molecule has 3 rings (SSSR count). The molecule has 6 heteroatoms. The minimum absolute atomic E-state index is 0.0762. The Morgan fingerprint density at radius 2 is 2.19 bits per heavy atom. The zero-order valence-corrected chi connectivity index (χ0v) is 15.5. The molecule has 1 aromatic carbocycles. The number of carbonyl (C=O) groups excluding carboxylic acids is 1. The summed E-state index contributed by atoms with van der Waals surface area (Å²) < 4.78 is 15.6. The van der Waals surface area contributed by atoms with Gasteiger partial charge >= 0.3 is 6.03 Å². The molecule has 26 heavy (non-hydrogen) atoms. The second-order valence-corrected chi connectivity index (χ2v) is 6.84. The van der Waals surface area contributed by atoms with Gasteiger partial charge in [0.2, 0.25) is 0 Å². The summed E-state index contributed by atoms with van der Waals surface area (Å²) in [5, 5.41) is 7.35. The highest BCUT2D eigenvalue weighted by molar-refractivity contribution is 5.74. The molecule has 2 amide bonds. The fourth-order valence-electron chi connectivity index (χ4n) is 3.66. The number of likely N-dealkylation sites (tertiary alicyclic amines) is 1. The average Bonchev–Trinajstić information content (AvgIpc) is 2.84. The molecular weight excluding hydrogens is 331 g/mol. The lowest BCUT2D eigenvalue weighted by atomic mass is 10.0. The molecule has 1 saturated heterocycles. The summed E-state index contributed by atoms with van der Waals surface area (Å²) in [4.78, 5) is 14.7. The number of hydrogen-bond donors (Lipinski definition) is 1. The third-order valence-electron chi connectivity index (χ3n) is 5.18. The van der Waals surface area contributed by atoms with Gasteiger partial charge in [-0.3, -0.25) is 4.68 Å². The van der Waals surface area contributed by atoms with Crippen molar-refractivity contribution in [3.8, 4) is 0 Å². The number of aryl methyl sites for hydroxylation is 1. The molecule has 1 aromatic heterocycles. The summed E-state index contributed by atoms with van der Waals surface area (Å²) in [6.45, 7) is 6.02. The number of aromatic nitrogens is 2. The molecule has 0 spiro atoms. The molecule has 0 saturated carbocycles. The summed E-state index contributed by atoms with van der Waals surface area (Å²) >= 11 is 0. The highest BCUT2D eigenvalue weighted by Crippen LogP contribution is 2.30. The maximum atomic E-state index is 13.7. The Labute approximate surface area is 154 Å². The normalized spacial score (nSPS) is 17.8. The Bertz CT molecular complexity index is 758. The van der Waals surface area contributed by atoms with Crippen LogP contribution in [0.5, 0.6) is 0 Å². The third-order valence-corrected chi connectivity index (χ3v) is 5.18. The highest BCUT2D eigenvalue weighted by Gasteiger charge is 2.27. The van der Waals surface area contributed by atoms with Gasteiger partial charge in [-0.2, -0.15) is 5.10 Å². The maximum absolute atomic E-state index is 13.7. The van der Waals surface area contributed by atoms with Crippen molar-refractivity contribution in [1.29, 1.82) is 0 Å². The highest BCUT2D eigenvalue weighted by atomic mass is 19.1. The Hall–Kier alpha value is -2.37. The molecule has 2 aromatic rings. The summed E-state index contributed by atoms with van der Waals surface area (Å²) in [5.41, 5.74) is 2.97. The Morgan fingerprint density at radius 3 is 2.92 bits per heavy atom. The van der Waals surface area contributed by atoms with Crippen LogP contribution < -0.4 is 5.32 Å². The van der Waals surface area contributed by atoms with Crippen molar-refractivity contribution >= 4 is 6.03 Å². The van der Waals surface area contributed by atoms with Crippen LogP contribution in [0.2, 0.25) is 0 Å². The third kappa shape index (κ3) is 4.06. The molecule has 140 valence electrons. The lowest BCUT2D eigenvalue weighted by Gasteiger charge is -2.30. The van der Waals surface area contributed by atoms with Crippen LogP contribution in [0.3, 0.4) is 0 Å². The quantitative estimate of drug-likeness (QED) is 0.891. The Morgan fingerprint density at radius 1 is 1.35 bits per heavy atom. The van der Waals surface area contributed by atoms with Crippen LogP contribution in [-0.4, -0.2) is 27.3 Å². The number of benzene rings is 1. The number of amides is 2. The van der Waals surface area contributed by atoms with E-state index in [-0.39, 0.29) is 17.9 Å². The van der Waals surface area contributed by atoms with Gasteiger partial charge in [0.25, 0.3) is 0 Å². The number of nitrogens with zero attached hydrogens (tertiary/aromatic N) is 3. The minimum Gasteiger partial charge on any atom is -0.334 e. The molecular formula is C20H27FN4O. The molecule has 0 aliphatic carbocycles. The van der Waals surface area contributed by atoms with E-state index in [2.05, 4.69) is 10.4 Å². The number of nitrogens with one attached hydrogen (secondary N) is 1. The minimum atomic E-state index is -0.255. The summed E-state index contributed by atoms with van der Waals surface area (Å²) in [6.07, 6.45) is 5.80. The van der Waals surface area contributed by atoms with Gasteiger partial charge in [0.1, 0.15) is 5.82 Å². The van der Waals surface area contributed by atoms with Gasteiger partial charge in [-0.15, -0.1) is 0 Å². The lowest BCUT2D eigenvalue weighted by molar-refractivity contribution is 0.175. The standard InChI is InChI=1S/C20H27FN4O/c1-3-25-15(2)17(14-23-25)13-22-20(26)24-11-6-4-5-10-19(24)16-8-7-9-18(21)12-16/h7-9,12,14,19H,3-6,10-11,13H2,1-2H3,(H,22,26)/t19-/m1/s1. The van der Waals surface area contributed by atoms with Crippen molar-refractivity contribution in [3.63, 3.8) is 0 Å². The summed E-state index contributed by atoms with van der Waals surface area (Å²) in [6, 6.07) is 6.45. The van der Waals surface area contributed by atoms with E-state index >= 15 is 0 Å². The van der Waals surface area contributed by atoms with Crippen molar-refractivity contribution in [3.05, 3.63) is 53.1 Å². The number of rotatable bonds is 4. The van der Waals surface area contributed by atoms with E-state index < -0.39 is 0 Å². The number of halogens is 1. The van der Waals surface area contributed by atoms with Gasteiger partial charge in [-0.05, 0) is 44.4 Å². The van der Waals surface area contributed by atoms with Crippen molar-refractivity contribution in [2.75, 3.05) is 6.54 Å². The molecule has 1 atom stereocenters. The van der Waals surface area contributed by atoms with Crippen LogP contribution in [-0.2, 0) is 13.1 Å². The molecule has 0 bridgehead atoms. The van der Waals surface area contributed by atoms with Crippen LogP contribution in [0.25, 0.3) is 0 Å². The van der Waals surface area contributed by atoms with Gasteiger partial charge in [0.15, 0.2) is 0 Å². The smallest absolute Gasteiger partial charge is 0.318 e. The second-order valence-electron chi connectivity index (χ2n) is 6.84. The van der Waals surface area contributed by atoms with Crippen molar-refractivity contribution < 1.29 is 9.18 Å². The first-order valence-electron chi connectivity index (χ1n) is 9.41. The number of carbonyl (C=O) groups is 1. The molecule has 5 nitrogen and oxygen atoms in total. The first-order chi connectivity index (χ1) is 12.6. The van der Waals surface area contributed by atoms with Crippen LogP contribution in [0.4, 0.5) is 9.18 Å². The first-order valence-corrected chi connectivity index (χ1v) is 9.41. The monoisotopic (exact) mass is 358 g/mol. The first kappa shape index (κ1) is 18.4. The number of hydrogen-bond acceptors (Lipinski definition) is 2. The van der Waals surface area contributed by atoms with E-state index in [4.69, 9.17) is 0 Å². The van der Waals surface area contributed by atoms with Gasteiger partial charge in [-0.1, -0.05) is 25.0 Å². The summed E-state index contributed by atoms with van der Waals surface area (Å²) in [5.74, 6) is -0.255. The fourth-order valence-corrected chi connectivity index (χ4v) is 3.66. The van der Waals surface area contributed by atoms with Gasteiger partial charge in [0, 0.05) is 30.9 Å². The summed E-state index contributed by atoms with van der Waals surface area (Å²) in [7, 11) is 0. The predicted octanol–water partition coefficient (Wildman–Crippen LogP) is 4.18.